The van der Waals surface area contributed by atoms with Crippen LogP contribution in [0.4, 0.5) is 0 Å². The van der Waals surface area contributed by atoms with Crippen LogP contribution in [-0.4, -0.2) is 25.5 Å². The SMILES string of the molecule is Cl.O=C(NCC1CNC1)c1ccc2c(c1)COC2. The average molecular weight is 269 g/mol. The van der Waals surface area contributed by atoms with E-state index in [1.54, 1.807) is 0 Å². The summed E-state index contributed by atoms with van der Waals surface area (Å²) in [6.45, 7) is 4.09. The third-order valence-corrected chi connectivity index (χ3v) is 3.40. The van der Waals surface area contributed by atoms with E-state index >= 15 is 0 Å². The minimum absolute atomic E-state index is 0. The van der Waals surface area contributed by atoms with Gasteiger partial charge in [0.05, 0.1) is 13.2 Å². The summed E-state index contributed by atoms with van der Waals surface area (Å²) in [4.78, 5) is 11.9. The van der Waals surface area contributed by atoms with Crippen LogP contribution in [0.1, 0.15) is 21.5 Å². The molecule has 2 N–H and O–H groups in total. The van der Waals surface area contributed by atoms with Crippen molar-refractivity contribution in [2.24, 2.45) is 5.92 Å². The molecule has 2 heterocycles. The van der Waals surface area contributed by atoms with Gasteiger partial charge in [-0.05, 0) is 23.3 Å². The fourth-order valence-corrected chi connectivity index (χ4v) is 2.15. The lowest BCUT2D eigenvalue weighted by molar-refractivity contribution is 0.0942. The Kier molecular flexibility index (Phi) is 4.22. The van der Waals surface area contributed by atoms with Crippen LogP contribution in [0.5, 0.6) is 0 Å². The van der Waals surface area contributed by atoms with Crippen LogP contribution in [-0.2, 0) is 18.0 Å². The van der Waals surface area contributed by atoms with Crippen LogP contribution in [0.25, 0.3) is 0 Å². The molecular weight excluding hydrogens is 252 g/mol. The summed E-state index contributed by atoms with van der Waals surface area (Å²) in [6, 6.07) is 5.81. The standard InChI is InChI=1S/C13H16N2O2.ClH/c16-13(15-6-9-4-14-5-9)10-1-2-11-7-17-8-12(11)3-10;/h1-3,9,14H,4-8H2,(H,15,16);1H. The summed E-state index contributed by atoms with van der Waals surface area (Å²) in [5, 5.41) is 6.16. The number of rotatable bonds is 3. The molecule has 18 heavy (non-hydrogen) atoms. The van der Waals surface area contributed by atoms with Crippen molar-refractivity contribution in [2.75, 3.05) is 19.6 Å². The second kappa shape index (κ2) is 5.69. The molecule has 2 aliphatic heterocycles. The number of fused-ring (bicyclic) bond motifs is 1. The Bertz CT molecular complexity index is 447. The zero-order valence-corrected chi connectivity index (χ0v) is 10.9. The average Bonchev–Trinajstić information content (AvgIpc) is 2.73. The summed E-state index contributed by atoms with van der Waals surface area (Å²) < 4.78 is 5.33. The van der Waals surface area contributed by atoms with E-state index in [0.717, 1.165) is 30.8 Å². The maximum Gasteiger partial charge on any atom is 0.251 e. The molecule has 0 atom stereocenters. The van der Waals surface area contributed by atoms with Crippen LogP contribution >= 0.6 is 12.4 Å². The molecule has 2 aliphatic rings. The van der Waals surface area contributed by atoms with Crippen molar-refractivity contribution in [3.63, 3.8) is 0 Å². The predicted octanol–water partition coefficient (Wildman–Crippen LogP) is 1.09. The quantitative estimate of drug-likeness (QED) is 0.863. The number of ether oxygens (including phenoxy) is 1. The Morgan fingerprint density at radius 1 is 1.33 bits per heavy atom. The highest BCUT2D eigenvalue weighted by molar-refractivity contribution is 5.94. The fourth-order valence-electron chi connectivity index (χ4n) is 2.15. The number of amides is 1. The number of hydrogen-bond donors (Lipinski definition) is 2. The molecule has 1 amide bonds. The lowest BCUT2D eigenvalue weighted by Crippen LogP contribution is -2.48. The second-order valence-corrected chi connectivity index (χ2v) is 4.71. The van der Waals surface area contributed by atoms with Gasteiger partial charge in [-0.3, -0.25) is 4.79 Å². The Hall–Kier alpha value is -1.10. The molecule has 0 saturated carbocycles. The van der Waals surface area contributed by atoms with Gasteiger partial charge in [-0.25, -0.2) is 0 Å². The van der Waals surface area contributed by atoms with Crippen molar-refractivity contribution in [3.8, 4) is 0 Å². The van der Waals surface area contributed by atoms with Gasteiger partial charge in [0, 0.05) is 31.1 Å². The normalized spacial score (nSPS) is 17.6. The van der Waals surface area contributed by atoms with Crippen molar-refractivity contribution in [3.05, 3.63) is 34.9 Å². The molecular formula is C13H17ClN2O2. The van der Waals surface area contributed by atoms with E-state index in [9.17, 15) is 4.79 Å². The Morgan fingerprint density at radius 3 is 2.83 bits per heavy atom. The molecule has 0 aromatic heterocycles. The molecule has 1 aromatic carbocycles. The van der Waals surface area contributed by atoms with E-state index in [1.165, 1.54) is 5.56 Å². The van der Waals surface area contributed by atoms with Crippen molar-refractivity contribution >= 4 is 18.3 Å². The van der Waals surface area contributed by atoms with Gasteiger partial charge < -0.3 is 15.4 Å². The first-order valence-corrected chi connectivity index (χ1v) is 6.01. The number of halogens is 1. The van der Waals surface area contributed by atoms with Crippen LogP contribution in [0.2, 0.25) is 0 Å². The van der Waals surface area contributed by atoms with Gasteiger partial charge in [0.25, 0.3) is 5.91 Å². The molecule has 0 bridgehead atoms. The van der Waals surface area contributed by atoms with Crippen molar-refractivity contribution in [1.82, 2.24) is 10.6 Å². The van der Waals surface area contributed by atoms with Gasteiger partial charge in [-0.15, -0.1) is 12.4 Å². The second-order valence-electron chi connectivity index (χ2n) is 4.71. The first-order valence-electron chi connectivity index (χ1n) is 6.01. The summed E-state index contributed by atoms with van der Waals surface area (Å²) in [5.74, 6) is 0.614. The molecule has 0 aliphatic carbocycles. The van der Waals surface area contributed by atoms with Crippen molar-refractivity contribution < 1.29 is 9.53 Å². The van der Waals surface area contributed by atoms with Crippen molar-refractivity contribution in [2.45, 2.75) is 13.2 Å². The van der Waals surface area contributed by atoms with E-state index in [2.05, 4.69) is 10.6 Å². The fraction of sp³-hybridized carbons (Fsp3) is 0.462. The van der Waals surface area contributed by atoms with Crippen molar-refractivity contribution in [1.29, 1.82) is 0 Å². The van der Waals surface area contributed by atoms with Gasteiger partial charge in [0.2, 0.25) is 0 Å². The lowest BCUT2D eigenvalue weighted by Gasteiger charge is -2.27. The third kappa shape index (κ3) is 2.66. The largest absolute Gasteiger partial charge is 0.372 e. The van der Waals surface area contributed by atoms with E-state index in [0.29, 0.717) is 19.1 Å². The van der Waals surface area contributed by atoms with E-state index in [1.807, 2.05) is 18.2 Å². The molecule has 0 radical (unpaired) electrons. The first-order chi connectivity index (χ1) is 8.33. The predicted molar refractivity (Wildman–Crippen MR) is 70.9 cm³/mol. The maximum atomic E-state index is 11.9. The summed E-state index contributed by atoms with van der Waals surface area (Å²) in [5.41, 5.74) is 3.08. The molecule has 5 heteroatoms. The molecule has 0 spiro atoms. The van der Waals surface area contributed by atoms with Gasteiger partial charge in [0.1, 0.15) is 0 Å². The van der Waals surface area contributed by atoms with E-state index in [-0.39, 0.29) is 18.3 Å². The summed E-state index contributed by atoms with van der Waals surface area (Å²) in [7, 11) is 0. The van der Waals surface area contributed by atoms with Crippen LogP contribution in [0, 0.1) is 5.92 Å². The highest BCUT2D eigenvalue weighted by atomic mass is 35.5. The zero-order valence-electron chi connectivity index (χ0n) is 10.1. The molecule has 3 rings (SSSR count). The smallest absolute Gasteiger partial charge is 0.251 e. The summed E-state index contributed by atoms with van der Waals surface area (Å²) in [6.07, 6.45) is 0. The zero-order chi connectivity index (χ0) is 11.7. The number of carbonyl (C=O) groups is 1. The highest BCUT2D eigenvalue weighted by Crippen LogP contribution is 2.20. The van der Waals surface area contributed by atoms with Crippen LogP contribution < -0.4 is 10.6 Å². The van der Waals surface area contributed by atoms with Gasteiger partial charge >= 0.3 is 0 Å². The summed E-state index contributed by atoms with van der Waals surface area (Å²) >= 11 is 0. The molecule has 1 aromatic rings. The van der Waals surface area contributed by atoms with Gasteiger partial charge in [0.15, 0.2) is 0 Å². The van der Waals surface area contributed by atoms with Crippen LogP contribution in [0.3, 0.4) is 0 Å². The van der Waals surface area contributed by atoms with Gasteiger partial charge in [-0.2, -0.15) is 0 Å². The monoisotopic (exact) mass is 268 g/mol. The number of carbonyl (C=O) groups excluding carboxylic acids is 1. The Morgan fingerprint density at radius 2 is 2.11 bits per heavy atom. The molecule has 1 saturated heterocycles. The first kappa shape index (κ1) is 13.3. The molecule has 98 valence electrons. The minimum atomic E-state index is 0. The lowest BCUT2D eigenvalue weighted by atomic mass is 10.0. The van der Waals surface area contributed by atoms with E-state index in [4.69, 9.17) is 4.74 Å². The van der Waals surface area contributed by atoms with Gasteiger partial charge in [-0.1, -0.05) is 6.07 Å². The molecule has 1 fully saturated rings. The maximum absolute atomic E-state index is 11.9. The topological polar surface area (TPSA) is 50.4 Å². The number of hydrogen-bond acceptors (Lipinski definition) is 3. The molecule has 4 nitrogen and oxygen atoms in total. The third-order valence-electron chi connectivity index (χ3n) is 3.40. The number of nitrogens with one attached hydrogen (secondary N) is 2. The Labute approximate surface area is 113 Å². The highest BCUT2D eigenvalue weighted by Gasteiger charge is 2.18. The van der Waals surface area contributed by atoms with E-state index < -0.39 is 0 Å². The Balaban J connectivity index is 0.00000120. The minimum Gasteiger partial charge on any atom is -0.372 e. The molecule has 0 unspecified atom stereocenters. The number of benzene rings is 1. The van der Waals surface area contributed by atoms with Crippen LogP contribution in [0.15, 0.2) is 18.2 Å².